The topological polar surface area (TPSA) is 75.5 Å². The Labute approximate surface area is 120 Å². The largest absolute Gasteiger partial charge is 0.351 e. The molecule has 116 valence electrons. The summed E-state index contributed by atoms with van der Waals surface area (Å²) in [6.45, 7) is 4.76. The third-order valence-corrected chi connectivity index (χ3v) is 3.11. The maximum absolute atomic E-state index is 13.6. The Morgan fingerprint density at radius 1 is 1.38 bits per heavy atom. The number of nitrogens with one attached hydrogen (secondary N) is 1. The van der Waals surface area contributed by atoms with Crippen molar-refractivity contribution in [3.8, 4) is 0 Å². The van der Waals surface area contributed by atoms with Crippen molar-refractivity contribution in [3.63, 3.8) is 0 Å². The first-order chi connectivity index (χ1) is 9.73. The summed E-state index contributed by atoms with van der Waals surface area (Å²) >= 11 is 0. The molecule has 0 spiro atoms. The van der Waals surface area contributed by atoms with Crippen LogP contribution in [0.1, 0.15) is 24.2 Å². The fraction of sp³-hybridized carbons (Fsp3) is 0.462. The van der Waals surface area contributed by atoms with Crippen LogP contribution >= 0.6 is 0 Å². The molecule has 0 saturated heterocycles. The third-order valence-electron chi connectivity index (χ3n) is 3.11. The first-order valence-electron chi connectivity index (χ1n) is 6.36. The molecule has 0 heterocycles. The molecule has 8 heteroatoms. The summed E-state index contributed by atoms with van der Waals surface area (Å²) in [6, 6.07) is 1.23. The highest BCUT2D eigenvalue weighted by Gasteiger charge is 2.21. The van der Waals surface area contributed by atoms with E-state index >= 15 is 0 Å². The summed E-state index contributed by atoms with van der Waals surface area (Å²) in [5.74, 6) is -3.18. The first-order valence-corrected chi connectivity index (χ1v) is 6.36. The molecule has 1 aromatic carbocycles. The van der Waals surface area contributed by atoms with E-state index in [-0.39, 0.29) is 12.6 Å². The van der Waals surface area contributed by atoms with Gasteiger partial charge in [0.05, 0.1) is 16.6 Å². The molecule has 0 atom stereocenters. The van der Waals surface area contributed by atoms with Crippen LogP contribution in [0.4, 0.5) is 14.5 Å². The SMILES string of the molecule is CC(C)N(C)CCNC(=O)c1cc(F)c([N+](=O)[O-])cc1F. The lowest BCUT2D eigenvalue weighted by atomic mass is 10.1. The molecule has 1 N–H and O–H groups in total. The van der Waals surface area contributed by atoms with Crippen LogP contribution in [-0.4, -0.2) is 41.9 Å². The van der Waals surface area contributed by atoms with Gasteiger partial charge in [-0.15, -0.1) is 0 Å². The second-order valence-corrected chi connectivity index (χ2v) is 4.87. The summed E-state index contributed by atoms with van der Waals surface area (Å²) in [6.07, 6.45) is 0. The number of likely N-dealkylation sites (N-methyl/N-ethyl adjacent to an activating group) is 1. The highest BCUT2D eigenvalue weighted by atomic mass is 19.1. The lowest BCUT2D eigenvalue weighted by Crippen LogP contribution is -2.36. The molecule has 21 heavy (non-hydrogen) atoms. The van der Waals surface area contributed by atoms with Crippen molar-refractivity contribution in [3.05, 3.63) is 39.4 Å². The lowest BCUT2D eigenvalue weighted by Gasteiger charge is -2.20. The number of nitro benzene ring substituents is 1. The third kappa shape index (κ3) is 4.45. The zero-order chi connectivity index (χ0) is 16.2. The smallest absolute Gasteiger partial charge is 0.307 e. The Bertz CT molecular complexity index is 550. The molecule has 6 nitrogen and oxygen atoms in total. The van der Waals surface area contributed by atoms with Crippen LogP contribution in [0.25, 0.3) is 0 Å². The number of hydrogen-bond donors (Lipinski definition) is 1. The van der Waals surface area contributed by atoms with E-state index in [1.807, 2.05) is 25.8 Å². The van der Waals surface area contributed by atoms with Crippen molar-refractivity contribution in [1.82, 2.24) is 10.2 Å². The van der Waals surface area contributed by atoms with Gasteiger partial charge in [0.1, 0.15) is 5.82 Å². The average Bonchev–Trinajstić information content (AvgIpc) is 2.40. The molecule has 0 aromatic heterocycles. The van der Waals surface area contributed by atoms with E-state index in [1.165, 1.54) is 0 Å². The molecule has 1 aromatic rings. The predicted molar refractivity (Wildman–Crippen MR) is 73.1 cm³/mol. The van der Waals surface area contributed by atoms with Gasteiger partial charge in [0.2, 0.25) is 5.82 Å². The van der Waals surface area contributed by atoms with Gasteiger partial charge in [0.15, 0.2) is 0 Å². The number of halogens is 2. The fourth-order valence-electron chi connectivity index (χ4n) is 1.55. The minimum atomic E-state index is -1.24. The predicted octanol–water partition coefficient (Wildman–Crippen LogP) is 1.94. The van der Waals surface area contributed by atoms with Crippen molar-refractivity contribution in [2.24, 2.45) is 0 Å². The van der Waals surface area contributed by atoms with E-state index in [0.29, 0.717) is 18.7 Å². The van der Waals surface area contributed by atoms with Gasteiger partial charge in [0, 0.05) is 19.1 Å². The van der Waals surface area contributed by atoms with Crippen LogP contribution in [-0.2, 0) is 0 Å². The molecule has 1 rings (SSSR count). The average molecular weight is 301 g/mol. The zero-order valence-corrected chi connectivity index (χ0v) is 12.0. The quantitative estimate of drug-likeness (QED) is 0.643. The summed E-state index contributed by atoms with van der Waals surface area (Å²) in [5.41, 5.74) is -1.55. The maximum Gasteiger partial charge on any atom is 0.307 e. The Balaban J connectivity index is 2.75. The second kappa shape index (κ2) is 7.07. The number of hydrogen-bond acceptors (Lipinski definition) is 4. The molecule has 0 aliphatic rings. The van der Waals surface area contributed by atoms with Gasteiger partial charge in [0.25, 0.3) is 5.91 Å². The molecule has 0 aliphatic carbocycles. The van der Waals surface area contributed by atoms with Crippen LogP contribution in [0.2, 0.25) is 0 Å². The number of carbonyl (C=O) groups is 1. The van der Waals surface area contributed by atoms with E-state index < -0.39 is 33.7 Å². The van der Waals surface area contributed by atoms with Gasteiger partial charge in [-0.1, -0.05) is 0 Å². The molecular formula is C13H17F2N3O3. The van der Waals surface area contributed by atoms with Gasteiger partial charge >= 0.3 is 5.69 Å². The fourth-order valence-corrected chi connectivity index (χ4v) is 1.55. The van der Waals surface area contributed by atoms with Crippen molar-refractivity contribution in [2.75, 3.05) is 20.1 Å². The lowest BCUT2D eigenvalue weighted by molar-refractivity contribution is -0.387. The number of amides is 1. The minimum Gasteiger partial charge on any atom is -0.351 e. The van der Waals surface area contributed by atoms with Crippen molar-refractivity contribution < 1.29 is 18.5 Å². The van der Waals surface area contributed by atoms with Gasteiger partial charge in [-0.25, -0.2) is 4.39 Å². The van der Waals surface area contributed by atoms with E-state index in [0.717, 1.165) is 0 Å². The normalized spacial score (nSPS) is 11.0. The minimum absolute atomic E-state index is 0.256. The second-order valence-electron chi connectivity index (χ2n) is 4.87. The van der Waals surface area contributed by atoms with Gasteiger partial charge in [-0.05, 0) is 27.0 Å². The van der Waals surface area contributed by atoms with Crippen molar-refractivity contribution in [1.29, 1.82) is 0 Å². The molecule has 0 saturated carbocycles. The number of benzene rings is 1. The number of nitrogens with zero attached hydrogens (tertiary/aromatic N) is 2. The highest BCUT2D eigenvalue weighted by Crippen LogP contribution is 2.21. The molecule has 1 amide bonds. The molecule has 0 aliphatic heterocycles. The van der Waals surface area contributed by atoms with Gasteiger partial charge in [-0.2, -0.15) is 4.39 Å². The summed E-state index contributed by atoms with van der Waals surface area (Å²) in [7, 11) is 1.86. The molecule has 0 radical (unpaired) electrons. The number of nitro groups is 1. The summed E-state index contributed by atoms with van der Waals surface area (Å²) in [5, 5.41) is 12.9. The molecule has 0 bridgehead atoms. The number of rotatable bonds is 6. The maximum atomic E-state index is 13.6. The number of carbonyl (C=O) groups excluding carboxylic acids is 1. The van der Waals surface area contributed by atoms with Crippen LogP contribution in [0.5, 0.6) is 0 Å². The monoisotopic (exact) mass is 301 g/mol. The zero-order valence-electron chi connectivity index (χ0n) is 12.0. The Hall–Kier alpha value is -2.09. The van der Waals surface area contributed by atoms with Gasteiger partial charge in [-0.3, -0.25) is 14.9 Å². The summed E-state index contributed by atoms with van der Waals surface area (Å²) < 4.78 is 27.0. The Morgan fingerprint density at radius 2 is 2.00 bits per heavy atom. The van der Waals surface area contributed by atoms with E-state index in [9.17, 15) is 23.7 Å². The van der Waals surface area contributed by atoms with E-state index in [4.69, 9.17) is 0 Å². The Kier molecular flexibility index (Phi) is 5.71. The van der Waals surface area contributed by atoms with Crippen LogP contribution < -0.4 is 5.32 Å². The van der Waals surface area contributed by atoms with Crippen molar-refractivity contribution in [2.45, 2.75) is 19.9 Å². The van der Waals surface area contributed by atoms with Crippen molar-refractivity contribution >= 4 is 11.6 Å². The van der Waals surface area contributed by atoms with Crippen LogP contribution in [0.15, 0.2) is 12.1 Å². The highest BCUT2D eigenvalue weighted by molar-refractivity contribution is 5.94. The molecule has 0 unspecified atom stereocenters. The molecule has 0 fully saturated rings. The first kappa shape index (κ1) is 17.0. The van der Waals surface area contributed by atoms with E-state index in [1.54, 1.807) is 0 Å². The standard InChI is InChI=1S/C13H17F2N3O3/c1-8(2)17(3)5-4-16-13(19)9-6-11(15)12(18(20)21)7-10(9)14/h6-8H,4-5H2,1-3H3,(H,16,19). The van der Waals surface area contributed by atoms with E-state index in [2.05, 4.69) is 5.32 Å². The van der Waals surface area contributed by atoms with Crippen LogP contribution in [0.3, 0.4) is 0 Å². The summed E-state index contributed by atoms with van der Waals surface area (Å²) in [4.78, 5) is 23.1. The van der Waals surface area contributed by atoms with Gasteiger partial charge < -0.3 is 10.2 Å². The van der Waals surface area contributed by atoms with Crippen LogP contribution in [0, 0.1) is 21.7 Å². The molecular weight excluding hydrogens is 284 g/mol. The Morgan fingerprint density at radius 3 is 2.52 bits per heavy atom.